The summed E-state index contributed by atoms with van der Waals surface area (Å²) in [6.07, 6.45) is 0. The highest BCUT2D eigenvalue weighted by Gasteiger charge is 2.19. The van der Waals surface area contributed by atoms with Crippen molar-refractivity contribution in [2.45, 2.75) is 19.9 Å². The Labute approximate surface area is 136 Å². The first-order valence-electron chi connectivity index (χ1n) is 7.28. The Bertz CT molecular complexity index is 640. The molecule has 0 saturated carbocycles. The summed E-state index contributed by atoms with van der Waals surface area (Å²) >= 11 is 6.02. The zero-order valence-corrected chi connectivity index (χ0v) is 13.8. The molecule has 0 bridgehead atoms. The van der Waals surface area contributed by atoms with Gasteiger partial charge in [0.1, 0.15) is 5.75 Å². The number of hydrogen-bond acceptors (Lipinski definition) is 2. The van der Waals surface area contributed by atoms with Gasteiger partial charge in [-0.25, -0.2) is 0 Å². The van der Waals surface area contributed by atoms with Crippen LogP contribution in [0.25, 0.3) is 0 Å². The van der Waals surface area contributed by atoms with Crippen molar-refractivity contribution in [3.8, 4) is 5.75 Å². The van der Waals surface area contributed by atoms with Crippen molar-refractivity contribution in [3.05, 3.63) is 64.7 Å². The molecule has 0 aliphatic rings. The molecule has 0 heterocycles. The second-order valence-corrected chi connectivity index (χ2v) is 5.54. The quantitative estimate of drug-likeness (QED) is 0.808. The van der Waals surface area contributed by atoms with Crippen molar-refractivity contribution in [1.29, 1.82) is 0 Å². The summed E-state index contributed by atoms with van der Waals surface area (Å²) in [6, 6.07) is 14.7. The molecule has 0 fully saturated rings. The molecule has 0 radical (unpaired) electrons. The van der Waals surface area contributed by atoms with Crippen molar-refractivity contribution in [1.82, 2.24) is 4.90 Å². The summed E-state index contributed by atoms with van der Waals surface area (Å²) in [6.45, 7) is 4.52. The maximum atomic E-state index is 12.6. The zero-order chi connectivity index (χ0) is 16.1. The summed E-state index contributed by atoms with van der Waals surface area (Å²) in [5, 5.41) is 0.672. The van der Waals surface area contributed by atoms with Gasteiger partial charge in [-0.15, -0.1) is 0 Å². The van der Waals surface area contributed by atoms with Gasteiger partial charge >= 0.3 is 0 Å². The van der Waals surface area contributed by atoms with E-state index in [1.807, 2.05) is 50.2 Å². The summed E-state index contributed by atoms with van der Waals surface area (Å²) in [4.78, 5) is 14.3. The van der Waals surface area contributed by atoms with Gasteiger partial charge in [-0.2, -0.15) is 0 Å². The molecule has 0 aromatic heterocycles. The summed E-state index contributed by atoms with van der Waals surface area (Å²) in [5.74, 6) is 0.736. The molecular weight excluding hydrogens is 298 g/mol. The van der Waals surface area contributed by atoms with E-state index in [0.29, 0.717) is 17.2 Å². The Kier molecular flexibility index (Phi) is 5.45. The molecule has 22 heavy (non-hydrogen) atoms. The molecule has 3 nitrogen and oxygen atoms in total. The van der Waals surface area contributed by atoms with Crippen molar-refractivity contribution in [2.75, 3.05) is 13.7 Å². The molecule has 1 unspecified atom stereocenters. The minimum absolute atomic E-state index is 0.0319. The lowest BCUT2D eigenvalue weighted by Gasteiger charge is -2.25. The molecule has 4 heteroatoms. The number of ether oxygens (including phenoxy) is 1. The fourth-order valence-electron chi connectivity index (χ4n) is 2.23. The van der Waals surface area contributed by atoms with Gasteiger partial charge in [0.2, 0.25) is 0 Å². The first-order chi connectivity index (χ1) is 10.5. The van der Waals surface area contributed by atoms with E-state index in [-0.39, 0.29) is 11.9 Å². The van der Waals surface area contributed by atoms with Crippen molar-refractivity contribution >= 4 is 17.5 Å². The molecule has 0 spiro atoms. The van der Waals surface area contributed by atoms with Crippen LogP contribution in [0.4, 0.5) is 0 Å². The monoisotopic (exact) mass is 317 g/mol. The number of hydrogen-bond donors (Lipinski definition) is 0. The third-order valence-corrected chi connectivity index (χ3v) is 3.88. The molecule has 116 valence electrons. The summed E-state index contributed by atoms with van der Waals surface area (Å²) in [7, 11) is 1.80. The standard InChI is InChI=1S/C18H20ClNO2/c1-4-22-17-10-8-14(9-11-17)18(21)20(3)13(2)15-6-5-7-16(19)12-15/h5-13H,4H2,1-3H3. The summed E-state index contributed by atoms with van der Waals surface area (Å²) in [5.41, 5.74) is 1.65. The average molecular weight is 318 g/mol. The second kappa shape index (κ2) is 7.32. The molecule has 0 aliphatic heterocycles. The third kappa shape index (κ3) is 3.80. The largest absolute Gasteiger partial charge is 0.494 e. The van der Waals surface area contributed by atoms with E-state index in [2.05, 4.69) is 0 Å². The van der Waals surface area contributed by atoms with E-state index in [0.717, 1.165) is 11.3 Å². The van der Waals surface area contributed by atoms with Gasteiger partial charge in [-0.1, -0.05) is 23.7 Å². The molecule has 0 N–H and O–H groups in total. The van der Waals surface area contributed by atoms with Gasteiger partial charge in [-0.3, -0.25) is 4.79 Å². The van der Waals surface area contributed by atoms with Crippen LogP contribution >= 0.6 is 11.6 Å². The normalized spacial score (nSPS) is 11.8. The van der Waals surface area contributed by atoms with E-state index in [4.69, 9.17) is 16.3 Å². The van der Waals surface area contributed by atoms with Crippen LogP contribution in [0, 0.1) is 0 Å². The smallest absolute Gasteiger partial charge is 0.254 e. The maximum absolute atomic E-state index is 12.6. The maximum Gasteiger partial charge on any atom is 0.254 e. The van der Waals surface area contributed by atoms with Crippen LogP contribution in [0.15, 0.2) is 48.5 Å². The second-order valence-electron chi connectivity index (χ2n) is 5.10. The van der Waals surface area contributed by atoms with Gasteiger partial charge in [0.05, 0.1) is 12.6 Å². The number of benzene rings is 2. The van der Waals surface area contributed by atoms with Gasteiger partial charge in [0.25, 0.3) is 5.91 Å². The van der Waals surface area contributed by atoms with Gasteiger partial charge in [0, 0.05) is 17.6 Å². The van der Waals surface area contributed by atoms with Crippen LogP contribution in [0.1, 0.15) is 35.8 Å². The topological polar surface area (TPSA) is 29.5 Å². The molecule has 1 atom stereocenters. The van der Waals surface area contributed by atoms with Crippen LogP contribution in [-0.2, 0) is 0 Å². The lowest BCUT2D eigenvalue weighted by molar-refractivity contribution is 0.0742. The highest BCUT2D eigenvalue weighted by molar-refractivity contribution is 6.30. The zero-order valence-electron chi connectivity index (χ0n) is 13.0. The lowest BCUT2D eigenvalue weighted by Crippen LogP contribution is -2.29. The molecule has 0 saturated heterocycles. The first kappa shape index (κ1) is 16.4. The number of carbonyl (C=O) groups is 1. The predicted octanol–water partition coefficient (Wildman–Crippen LogP) is 4.57. The molecule has 1 amide bonds. The fourth-order valence-corrected chi connectivity index (χ4v) is 2.43. The Morgan fingerprint density at radius 1 is 1.23 bits per heavy atom. The Morgan fingerprint density at radius 3 is 2.50 bits per heavy atom. The van der Waals surface area contributed by atoms with E-state index in [1.54, 1.807) is 24.1 Å². The molecule has 2 aromatic carbocycles. The van der Waals surface area contributed by atoms with E-state index < -0.39 is 0 Å². The van der Waals surface area contributed by atoms with E-state index in [1.165, 1.54) is 0 Å². The number of carbonyl (C=O) groups excluding carboxylic acids is 1. The van der Waals surface area contributed by atoms with Crippen LogP contribution in [-0.4, -0.2) is 24.5 Å². The SMILES string of the molecule is CCOc1ccc(C(=O)N(C)C(C)c2cccc(Cl)c2)cc1. The predicted molar refractivity (Wildman–Crippen MR) is 89.6 cm³/mol. The lowest BCUT2D eigenvalue weighted by atomic mass is 10.1. The number of halogens is 1. The van der Waals surface area contributed by atoms with Gasteiger partial charge in [-0.05, 0) is 55.8 Å². The molecular formula is C18H20ClNO2. The Morgan fingerprint density at radius 2 is 1.91 bits per heavy atom. The van der Waals surface area contributed by atoms with E-state index in [9.17, 15) is 4.79 Å². The van der Waals surface area contributed by atoms with Gasteiger partial charge in [0.15, 0.2) is 0 Å². The highest BCUT2D eigenvalue weighted by atomic mass is 35.5. The number of rotatable bonds is 5. The van der Waals surface area contributed by atoms with Crippen molar-refractivity contribution in [2.24, 2.45) is 0 Å². The minimum atomic E-state index is -0.0576. The van der Waals surface area contributed by atoms with Gasteiger partial charge < -0.3 is 9.64 Å². The number of nitrogens with zero attached hydrogens (tertiary/aromatic N) is 1. The Balaban J connectivity index is 2.14. The van der Waals surface area contributed by atoms with Crippen molar-refractivity contribution < 1.29 is 9.53 Å². The number of amides is 1. The fraction of sp³-hybridized carbons (Fsp3) is 0.278. The first-order valence-corrected chi connectivity index (χ1v) is 7.66. The van der Waals surface area contributed by atoms with Crippen LogP contribution in [0.5, 0.6) is 5.75 Å². The minimum Gasteiger partial charge on any atom is -0.494 e. The van der Waals surface area contributed by atoms with Crippen LogP contribution in [0.3, 0.4) is 0 Å². The Hall–Kier alpha value is -2.00. The van der Waals surface area contributed by atoms with Crippen LogP contribution in [0.2, 0.25) is 5.02 Å². The van der Waals surface area contributed by atoms with Crippen molar-refractivity contribution in [3.63, 3.8) is 0 Å². The van der Waals surface area contributed by atoms with Crippen LogP contribution < -0.4 is 4.74 Å². The third-order valence-electron chi connectivity index (χ3n) is 3.64. The summed E-state index contributed by atoms with van der Waals surface area (Å²) < 4.78 is 5.39. The molecule has 2 rings (SSSR count). The highest BCUT2D eigenvalue weighted by Crippen LogP contribution is 2.24. The molecule has 2 aromatic rings. The van der Waals surface area contributed by atoms with E-state index >= 15 is 0 Å². The average Bonchev–Trinajstić information content (AvgIpc) is 2.54. The molecule has 0 aliphatic carbocycles.